The molecule has 0 radical (unpaired) electrons. The lowest BCUT2D eigenvalue weighted by molar-refractivity contribution is 0.625. The van der Waals surface area contributed by atoms with Gasteiger partial charge in [0.1, 0.15) is 0 Å². The quantitative estimate of drug-likeness (QED) is 0.920. The van der Waals surface area contributed by atoms with Gasteiger partial charge < -0.3 is 5.32 Å². The number of likely N-dealkylation sites (N-methyl/N-ethyl adjacent to an activating group) is 1. The minimum Gasteiger partial charge on any atom is -0.319 e. The molecular formula is C14H18BrN3. The third kappa shape index (κ3) is 3.43. The maximum atomic E-state index is 4.23. The van der Waals surface area contributed by atoms with Gasteiger partial charge in [0.15, 0.2) is 0 Å². The molecule has 0 aliphatic carbocycles. The summed E-state index contributed by atoms with van der Waals surface area (Å²) in [4.78, 5) is 0. The van der Waals surface area contributed by atoms with Gasteiger partial charge in [0.25, 0.3) is 0 Å². The van der Waals surface area contributed by atoms with E-state index in [2.05, 4.69) is 56.8 Å². The Morgan fingerprint density at radius 3 is 2.61 bits per heavy atom. The largest absolute Gasteiger partial charge is 0.319 e. The predicted molar refractivity (Wildman–Crippen MR) is 77.7 cm³/mol. The van der Waals surface area contributed by atoms with E-state index >= 15 is 0 Å². The normalized spacial score (nSPS) is 12.6. The predicted octanol–water partition coefficient (Wildman–Crippen LogP) is 2.73. The first-order valence-corrected chi connectivity index (χ1v) is 6.86. The van der Waals surface area contributed by atoms with Crippen LogP contribution in [0.3, 0.4) is 0 Å². The zero-order valence-electron chi connectivity index (χ0n) is 10.7. The summed E-state index contributed by atoms with van der Waals surface area (Å²) in [5, 5.41) is 7.50. The van der Waals surface area contributed by atoms with Crippen LogP contribution in [0.25, 0.3) is 0 Å². The molecule has 96 valence electrons. The average molecular weight is 308 g/mol. The van der Waals surface area contributed by atoms with Gasteiger partial charge in [-0.3, -0.25) is 4.68 Å². The molecule has 0 spiro atoms. The fourth-order valence-electron chi connectivity index (χ4n) is 2.15. The number of hydrogen-bond donors (Lipinski definition) is 1. The molecule has 2 rings (SSSR count). The van der Waals surface area contributed by atoms with Crippen LogP contribution >= 0.6 is 15.9 Å². The number of aromatic nitrogens is 2. The first-order valence-electron chi connectivity index (χ1n) is 6.06. The lowest BCUT2D eigenvalue weighted by Crippen LogP contribution is -2.19. The zero-order valence-corrected chi connectivity index (χ0v) is 12.3. The molecule has 1 aromatic carbocycles. The van der Waals surface area contributed by atoms with Gasteiger partial charge in [0, 0.05) is 30.2 Å². The van der Waals surface area contributed by atoms with Crippen LogP contribution in [0.1, 0.15) is 17.0 Å². The minimum atomic E-state index is 0.479. The van der Waals surface area contributed by atoms with Crippen molar-refractivity contribution >= 4 is 15.9 Å². The average Bonchev–Trinajstić information content (AvgIpc) is 2.75. The monoisotopic (exact) mass is 307 g/mol. The van der Waals surface area contributed by atoms with E-state index in [1.54, 1.807) is 0 Å². The van der Waals surface area contributed by atoms with Gasteiger partial charge in [0.2, 0.25) is 0 Å². The van der Waals surface area contributed by atoms with Gasteiger partial charge in [-0.2, -0.15) is 5.10 Å². The SMILES string of the molecule is CNCC(Cc1cnn(C)c1)c1ccc(Br)cc1. The van der Waals surface area contributed by atoms with E-state index in [1.165, 1.54) is 11.1 Å². The Morgan fingerprint density at radius 1 is 1.33 bits per heavy atom. The maximum Gasteiger partial charge on any atom is 0.0521 e. The molecule has 18 heavy (non-hydrogen) atoms. The summed E-state index contributed by atoms with van der Waals surface area (Å²) >= 11 is 3.47. The fraction of sp³-hybridized carbons (Fsp3) is 0.357. The molecule has 0 fully saturated rings. The summed E-state index contributed by atoms with van der Waals surface area (Å²) in [6, 6.07) is 8.56. The molecule has 1 atom stereocenters. The minimum absolute atomic E-state index is 0.479. The first-order chi connectivity index (χ1) is 8.69. The van der Waals surface area contributed by atoms with Crippen LogP contribution in [0.5, 0.6) is 0 Å². The number of rotatable bonds is 5. The van der Waals surface area contributed by atoms with Gasteiger partial charge in [-0.25, -0.2) is 0 Å². The van der Waals surface area contributed by atoms with Crippen molar-refractivity contribution in [1.82, 2.24) is 15.1 Å². The van der Waals surface area contributed by atoms with Gasteiger partial charge in [0.05, 0.1) is 6.20 Å². The fourth-order valence-corrected chi connectivity index (χ4v) is 2.42. The topological polar surface area (TPSA) is 29.9 Å². The van der Waals surface area contributed by atoms with E-state index in [-0.39, 0.29) is 0 Å². The van der Waals surface area contributed by atoms with E-state index < -0.39 is 0 Å². The van der Waals surface area contributed by atoms with Gasteiger partial charge in [-0.05, 0) is 36.7 Å². The number of benzene rings is 1. The highest BCUT2D eigenvalue weighted by Crippen LogP contribution is 2.22. The molecule has 2 aromatic rings. The second kappa shape index (κ2) is 6.16. The molecular weight excluding hydrogens is 290 g/mol. The van der Waals surface area contributed by atoms with Crippen LogP contribution < -0.4 is 5.32 Å². The van der Waals surface area contributed by atoms with Crippen molar-refractivity contribution in [3.05, 3.63) is 52.3 Å². The van der Waals surface area contributed by atoms with E-state index in [9.17, 15) is 0 Å². The van der Waals surface area contributed by atoms with Crippen LogP contribution in [0, 0.1) is 0 Å². The summed E-state index contributed by atoms with van der Waals surface area (Å²) in [5.74, 6) is 0.479. The molecule has 0 amide bonds. The molecule has 0 bridgehead atoms. The van der Waals surface area contributed by atoms with Gasteiger partial charge in [-0.1, -0.05) is 28.1 Å². The van der Waals surface area contributed by atoms with Crippen LogP contribution in [0.2, 0.25) is 0 Å². The van der Waals surface area contributed by atoms with Crippen molar-refractivity contribution < 1.29 is 0 Å². The summed E-state index contributed by atoms with van der Waals surface area (Å²) in [6.07, 6.45) is 5.04. The van der Waals surface area contributed by atoms with Gasteiger partial charge in [-0.15, -0.1) is 0 Å². The Kier molecular flexibility index (Phi) is 4.55. The van der Waals surface area contributed by atoms with Crippen LogP contribution in [0.4, 0.5) is 0 Å². The summed E-state index contributed by atoms with van der Waals surface area (Å²) in [5.41, 5.74) is 2.64. The van der Waals surface area contributed by atoms with Crippen LogP contribution in [0.15, 0.2) is 41.1 Å². The van der Waals surface area contributed by atoms with Crippen molar-refractivity contribution in [1.29, 1.82) is 0 Å². The lowest BCUT2D eigenvalue weighted by Gasteiger charge is -2.16. The standard InChI is InChI=1S/C14H18BrN3/c1-16-9-13(7-11-8-17-18(2)10-11)12-3-5-14(15)6-4-12/h3-6,8,10,13,16H,7,9H2,1-2H3. The van der Waals surface area contributed by atoms with E-state index in [0.717, 1.165) is 17.4 Å². The second-order valence-corrected chi connectivity index (χ2v) is 5.45. The summed E-state index contributed by atoms with van der Waals surface area (Å²) < 4.78 is 2.98. The molecule has 0 saturated carbocycles. The van der Waals surface area contributed by atoms with Crippen molar-refractivity contribution in [2.75, 3.05) is 13.6 Å². The highest BCUT2D eigenvalue weighted by atomic mass is 79.9. The highest BCUT2D eigenvalue weighted by Gasteiger charge is 2.12. The summed E-state index contributed by atoms with van der Waals surface area (Å²) in [6.45, 7) is 0.969. The molecule has 0 saturated heterocycles. The smallest absolute Gasteiger partial charge is 0.0521 e. The third-order valence-corrected chi connectivity index (χ3v) is 3.56. The third-order valence-electron chi connectivity index (χ3n) is 3.03. The Bertz CT molecular complexity index is 490. The van der Waals surface area contributed by atoms with Crippen molar-refractivity contribution in [3.63, 3.8) is 0 Å². The van der Waals surface area contributed by atoms with Gasteiger partial charge >= 0.3 is 0 Å². The first kappa shape index (κ1) is 13.3. The Balaban J connectivity index is 2.14. The lowest BCUT2D eigenvalue weighted by atomic mass is 9.93. The van der Waals surface area contributed by atoms with Crippen molar-refractivity contribution in [2.45, 2.75) is 12.3 Å². The molecule has 4 heteroatoms. The second-order valence-electron chi connectivity index (χ2n) is 4.53. The Hall–Kier alpha value is -1.13. The molecule has 0 aliphatic heterocycles. The Labute approximate surface area is 116 Å². The van der Waals surface area contributed by atoms with E-state index in [4.69, 9.17) is 0 Å². The van der Waals surface area contributed by atoms with Crippen LogP contribution in [-0.4, -0.2) is 23.4 Å². The molecule has 1 unspecified atom stereocenters. The number of nitrogens with one attached hydrogen (secondary N) is 1. The number of halogens is 1. The number of hydrogen-bond acceptors (Lipinski definition) is 2. The molecule has 3 nitrogen and oxygen atoms in total. The highest BCUT2D eigenvalue weighted by molar-refractivity contribution is 9.10. The molecule has 1 N–H and O–H groups in total. The molecule has 1 aromatic heterocycles. The Morgan fingerprint density at radius 2 is 2.06 bits per heavy atom. The maximum absolute atomic E-state index is 4.23. The van der Waals surface area contributed by atoms with E-state index in [0.29, 0.717) is 5.92 Å². The van der Waals surface area contributed by atoms with E-state index in [1.807, 2.05) is 25.0 Å². The number of nitrogens with zero attached hydrogens (tertiary/aromatic N) is 2. The van der Waals surface area contributed by atoms with Crippen molar-refractivity contribution in [3.8, 4) is 0 Å². The molecule has 1 heterocycles. The summed E-state index contributed by atoms with van der Waals surface area (Å²) in [7, 11) is 3.95. The van der Waals surface area contributed by atoms with Crippen molar-refractivity contribution in [2.24, 2.45) is 7.05 Å². The molecule has 0 aliphatic rings. The number of aryl methyl sites for hydroxylation is 1. The zero-order chi connectivity index (χ0) is 13.0. The van der Waals surface area contributed by atoms with Crippen LogP contribution in [-0.2, 0) is 13.5 Å².